The number of pyridine rings is 1. The average Bonchev–Trinajstić information content (AvgIpc) is 2.91. The van der Waals surface area contributed by atoms with Crippen molar-refractivity contribution >= 4 is 11.9 Å². The van der Waals surface area contributed by atoms with Crippen LogP contribution in [0.4, 0.5) is 0 Å². The molecule has 0 N–H and O–H groups in total. The van der Waals surface area contributed by atoms with Crippen LogP contribution >= 0.6 is 0 Å². The molecule has 1 aliphatic heterocycles. The minimum absolute atomic E-state index is 0.148. The molecule has 0 aromatic carbocycles. The molecular weight excluding hydrogens is 270 g/mol. The number of rotatable bonds is 3. The highest BCUT2D eigenvalue weighted by atomic mass is 16.5. The molecule has 1 aliphatic rings. The van der Waals surface area contributed by atoms with E-state index in [4.69, 9.17) is 4.74 Å². The summed E-state index contributed by atoms with van der Waals surface area (Å²) in [6.07, 6.45) is 2.24. The van der Waals surface area contributed by atoms with Gasteiger partial charge in [-0.3, -0.25) is 9.78 Å². The number of ether oxygens (including phenoxy) is 1. The summed E-state index contributed by atoms with van der Waals surface area (Å²) in [7, 11) is 5.24. The van der Waals surface area contributed by atoms with Gasteiger partial charge in [0.05, 0.1) is 12.7 Å². The van der Waals surface area contributed by atoms with E-state index in [2.05, 4.69) is 4.98 Å². The van der Waals surface area contributed by atoms with E-state index in [1.54, 1.807) is 30.2 Å². The number of esters is 1. The summed E-state index contributed by atoms with van der Waals surface area (Å²) in [6.45, 7) is 2.31. The van der Waals surface area contributed by atoms with E-state index in [0.717, 1.165) is 0 Å². The van der Waals surface area contributed by atoms with Crippen molar-refractivity contribution in [3.8, 4) is 0 Å². The van der Waals surface area contributed by atoms with Crippen molar-refractivity contribution in [1.82, 2.24) is 14.8 Å². The molecule has 114 valence electrons. The van der Waals surface area contributed by atoms with Crippen LogP contribution in [-0.4, -0.2) is 66.5 Å². The Morgan fingerprint density at radius 2 is 2.14 bits per heavy atom. The zero-order valence-electron chi connectivity index (χ0n) is 12.9. The van der Waals surface area contributed by atoms with Crippen molar-refractivity contribution < 1.29 is 14.3 Å². The maximum Gasteiger partial charge on any atom is 0.328 e. The summed E-state index contributed by atoms with van der Waals surface area (Å²) in [6, 6.07) is 3.08. The molecule has 1 amide bonds. The summed E-state index contributed by atoms with van der Waals surface area (Å²) in [5.41, 5.74) is 1.20. The standard InChI is InChI=1S/C15H21N3O3/c1-10-12(6-5-7-16-10)14(19)18-9-11(17(2)3)8-13(18)15(20)21-4/h5-7,11,13H,8-9H2,1-4H3/t11-,13+/m1/s1. The lowest BCUT2D eigenvalue weighted by molar-refractivity contribution is -0.145. The monoisotopic (exact) mass is 291 g/mol. The van der Waals surface area contributed by atoms with Gasteiger partial charge < -0.3 is 14.5 Å². The lowest BCUT2D eigenvalue weighted by Gasteiger charge is -2.23. The maximum absolute atomic E-state index is 12.7. The molecule has 6 heteroatoms. The first-order valence-corrected chi connectivity index (χ1v) is 6.92. The van der Waals surface area contributed by atoms with Gasteiger partial charge in [-0.15, -0.1) is 0 Å². The van der Waals surface area contributed by atoms with Crippen LogP contribution in [0.3, 0.4) is 0 Å². The summed E-state index contributed by atoms with van der Waals surface area (Å²) in [5.74, 6) is -0.533. The largest absolute Gasteiger partial charge is 0.467 e. The third-order valence-corrected chi connectivity index (χ3v) is 3.98. The van der Waals surface area contributed by atoms with Gasteiger partial charge in [0.2, 0.25) is 0 Å². The van der Waals surface area contributed by atoms with Crippen LogP contribution in [0.2, 0.25) is 0 Å². The highest BCUT2D eigenvalue weighted by molar-refractivity contribution is 5.98. The van der Waals surface area contributed by atoms with Gasteiger partial charge in [-0.25, -0.2) is 4.79 Å². The van der Waals surface area contributed by atoms with Gasteiger partial charge in [-0.2, -0.15) is 0 Å². The predicted octanol–water partition coefficient (Wildman–Crippen LogP) is 0.708. The van der Waals surface area contributed by atoms with Crippen LogP contribution in [0, 0.1) is 6.92 Å². The fourth-order valence-electron chi connectivity index (χ4n) is 2.64. The van der Waals surface area contributed by atoms with Gasteiger partial charge in [-0.05, 0) is 39.6 Å². The van der Waals surface area contributed by atoms with Crippen LogP contribution < -0.4 is 0 Å². The van der Waals surface area contributed by atoms with E-state index in [9.17, 15) is 9.59 Å². The Morgan fingerprint density at radius 3 is 2.71 bits per heavy atom. The van der Waals surface area contributed by atoms with E-state index in [1.807, 2.05) is 19.0 Å². The molecule has 6 nitrogen and oxygen atoms in total. The molecule has 2 rings (SSSR count). The van der Waals surface area contributed by atoms with Gasteiger partial charge >= 0.3 is 5.97 Å². The number of nitrogens with zero attached hydrogens (tertiary/aromatic N) is 3. The van der Waals surface area contributed by atoms with Gasteiger partial charge in [0.15, 0.2) is 0 Å². The number of methoxy groups -OCH3 is 1. The molecule has 0 spiro atoms. The topological polar surface area (TPSA) is 62.7 Å². The quantitative estimate of drug-likeness (QED) is 0.767. The summed E-state index contributed by atoms with van der Waals surface area (Å²) < 4.78 is 4.84. The van der Waals surface area contributed by atoms with Gasteiger partial charge in [0.1, 0.15) is 6.04 Å². The first-order chi connectivity index (χ1) is 9.95. The molecule has 2 heterocycles. The normalized spacial score (nSPS) is 21.7. The third-order valence-electron chi connectivity index (χ3n) is 3.98. The Bertz CT molecular complexity index is 545. The minimum atomic E-state index is -0.533. The number of likely N-dealkylation sites (tertiary alicyclic amines) is 1. The average molecular weight is 291 g/mol. The maximum atomic E-state index is 12.7. The predicted molar refractivity (Wildman–Crippen MR) is 77.9 cm³/mol. The van der Waals surface area contributed by atoms with Gasteiger partial charge in [0.25, 0.3) is 5.91 Å². The zero-order chi connectivity index (χ0) is 15.6. The Labute approximate surface area is 124 Å². The molecule has 21 heavy (non-hydrogen) atoms. The fourth-order valence-corrected chi connectivity index (χ4v) is 2.64. The molecule has 0 aliphatic carbocycles. The van der Waals surface area contributed by atoms with Crippen molar-refractivity contribution in [1.29, 1.82) is 0 Å². The highest BCUT2D eigenvalue weighted by Gasteiger charge is 2.41. The second-order valence-corrected chi connectivity index (χ2v) is 5.49. The van der Waals surface area contributed by atoms with Crippen LogP contribution in [0.15, 0.2) is 18.3 Å². The molecule has 1 aromatic rings. The summed E-state index contributed by atoms with van der Waals surface area (Å²) >= 11 is 0. The minimum Gasteiger partial charge on any atom is -0.467 e. The van der Waals surface area contributed by atoms with E-state index in [-0.39, 0.29) is 17.9 Å². The molecule has 0 bridgehead atoms. The van der Waals surface area contributed by atoms with E-state index in [0.29, 0.717) is 24.2 Å². The molecule has 2 atom stereocenters. The van der Waals surface area contributed by atoms with Gasteiger partial charge in [-0.1, -0.05) is 0 Å². The van der Waals surface area contributed by atoms with E-state index >= 15 is 0 Å². The second-order valence-electron chi connectivity index (χ2n) is 5.49. The molecular formula is C15H21N3O3. The first-order valence-electron chi connectivity index (χ1n) is 6.92. The molecule has 1 fully saturated rings. The number of amides is 1. The summed E-state index contributed by atoms with van der Waals surface area (Å²) in [5, 5.41) is 0. The van der Waals surface area contributed by atoms with Crippen molar-refractivity contribution in [2.75, 3.05) is 27.7 Å². The number of carbonyl (C=O) groups is 2. The summed E-state index contributed by atoms with van der Waals surface area (Å²) in [4.78, 5) is 32.5. The SMILES string of the molecule is COC(=O)[C@@H]1C[C@@H](N(C)C)CN1C(=O)c1cccnc1C. The van der Waals surface area contributed by atoms with Crippen molar-refractivity contribution in [2.24, 2.45) is 0 Å². The molecule has 1 saturated heterocycles. The Morgan fingerprint density at radius 1 is 1.43 bits per heavy atom. The Hall–Kier alpha value is -1.95. The number of hydrogen-bond donors (Lipinski definition) is 0. The van der Waals surface area contributed by atoms with E-state index in [1.165, 1.54) is 7.11 Å². The lowest BCUT2D eigenvalue weighted by Crippen LogP contribution is -2.41. The third kappa shape index (κ3) is 3.05. The molecule has 1 aromatic heterocycles. The number of carbonyl (C=O) groups excluding carboxylic acids is 2. The van der Waals surface area contributed by atoms with E-state index < -0.39 is 6.04 Å². The number of likely N-dealkylation sites (N-methyl/N-ethyl adjacent to an activating group) is 1. The second kappa shape index (κ2) is 6.22. The number of aryl methyl sites for hydroxylation is 1. The number of hydrogen-bond acceptors (Lipinski definition) is 5. The lowest BCUT2D eigenvalue weighted by atomic mass is 10.1. The Balaban J connectivity index is 2.29. The number of aromatic nitrogens is 1. The van der Waals surface area contributed by atoms with Crippen molar-refractivity contribution in [3.05, 3.63) is 29.6 Å². The van der Waals surface area contributed by atoms with Crippen molar-refractivity contribution in [3.63, 3.8) is 0 Å². The smallest absolute Gasteiger partial charge is 0.328 e. The van der Waals surface area contributed by atoms with Crippen LogP contribution in [0.25, 0.3) is 0 Å². The molecule has 0 unspecified atom stereocenters. The van der Waals surface area contributed by atoms with Crippen LogP contribution in [0.1, 0.15) is 22.5 Å². The zero-order valence-corrected chi connectivity index (χ0v) is 12.9. The Kier molecular flexibility index (Phi) is 4.57. The van der Waals surface area contributed by atoms with Gasteiger partial charge in [0, 0.05) is 24.5 Å². The van der Waals surface area contributed by atoms with Crippen LogP contribution in [0.5, 0.6) is 0 Å². The molecule has 0 radical (unpaired) electrons. The fraction of sp³-hybridized carbons (Fsp3) is 0.533. The first kappa shape index (κ1) is 15.4. The van der Waals surface area contributed by atoms with Crippen LogP contribution in [-0.2, 0) is 9.53 Å². The molecule has 0 saturated carbocycles. The van der Waals surface area contributed by atoms with Crippen molar-refractivity contribution in [2.45, 2.75) is 25.4 Å². The highest BCUT2D eigenvalue weighted by Crippen LogP contribution is 2.24.